The molecule has 4 heteroatoms. The summed E-state index contributed by atoms with van der Waals surface area (Å²) in [6.45, 7) is 2.80. The van der Waals surface area contributed by atoms with Gasteiger partial charge in [-0.25, -0.2) is 0 Å². The third kappa shape index (κ3) is 3.68. The molecule has 0 unspecified atom stereocenters. The fourth-order valence-electron chi connectivity index (χ4n) is 1.45. The van der Waals surface area contributed by atoms with E-state index in [4.69, 9.17) is 0 Å². The molecule has 0 aliphatic carbocycles. The van der Waals surface area contributed by atoms with E-state index in [1.54, 1.807) is 6.92 Å². The number of hydrogen-bond acceptors (Lipinski definition) is 3. The van der Waals surface area contributed by atoms with Crippen molar-refractivity contribution in [3.8, 4) is 0 Å². The van der Waals surface area contributed by atoms with E-state index in [1.165, 1.54) is 5.69 Å². The Hall–Kier alpha value is -0.190. The Kier molecular flexibility index (Phi) is 5.66. The minimum atomic E-state index is -0.431. The van der Waals surface area contributed by atoms with Gasteiger partial charge in [-0.1, -0.05) is 22.0 Å². The summed E-state index contributed by atoms with van der Waals surface area (Å²) in [5, 5.41) is 9.53. The van der Waals surface area contributed by atoms with E-state index in [-0.39, 0.29) is 0 Å². The standard InChI is InChI=1S/C12H18BrNOS/c1-9(15)11-5-4-10(8-12(11)13)14(2)6-7-16-3/h4-5,8-9,15H,6-7H2,1-3H3/t9-/m0/s1. The van der Waals surface area contributed by atoms with Crippen LogP contribution in [0.3, 0.4) is 0 Å². The molecule has 16 heavy (non-hydrogen) atoms. The largest absolute Gasteiger partial charge is 0.389 e. The lowest BCUT2D eigenvalue weighted by atomic mass is 10.1. The van der Waals surface area contributed by atoms with E-state index in [9.17, 15) is 5.11 Å². The van der Waals surface area contributed by atoms with Crippen LogP contribution in [0.25, 0.3) is 0 Å². The van der Waals surface area contributed by atoms with Crippen LogP contribution in [0.15, 0.2) is 22.7 Å². The van der Waals surface area contributed by atoms with E-state index in [0.717, 1.165) is 22.3 Å². The molecule has 0 bridgehead atoms. The van der Waals surface area contributed by atoms with E-state index in [1.807, 2.05) is 23.9 Å². The molecular weight excluding hydrogens is 286 g/mol. The van der Waals surface area contributed by atoms with E-state index in [0.29, 0.717) is 0 Å². The van der Waals surface area contributed by atoms with Crippen molar-refractivity contribution in [3.05, 3.63) is 28.2 Å². The predicted octanol–water partition coefficient (Wildman–Crippen LogP) is 3.30. The Morgan fingerprint density at radius 2 is 2.19 bits per heavy atom. The van der Waals surface area contributed by atoms with Gasteiger partial charge in [0.1, 0.15) is 0 Å². The number of rotatable bonds is 5. The number of halogens is 1. The first-order valence-corrected chi connectivity index (χ1v) is 7.42. The van der Waals surface area contributed by atoms with Gasteiger partial charge < -0.3 is 10.0 Å². The molecule has 1 aromatic carbocycles. The van der Waals surface area contributed by atoms with Crippen molar-refractivity contribution < 1.29 is 5.11 Å². The van der Waals surface area contributed by atoms with Gasteiger partial charge in [-0.2, -0.15) is 11.8 Å². The maximum atomic E-state index is 9.53. The highest BCUT2D eigenvalue weighted by Gasteiger charge is 2.08. The van der Waals surface area contributed by atoms with Crippen LogP contribution in [0, 0.1) is 0 Å². The molecule has 0 saturated heterocycles. The summed E-state index contributed by atoms with van der Waals surface area (Å²) in [5.74, 6) is 1.12. The second-order valence-corrected chi connectivity index (χ2v) is 5.64. The molecule has 0 aromatic heterocycles. The topological polar surface area (TPSA) is 23.5 Å². The highest BCUT2D eigenvalue weighted by Crippen LogP contribution is 2.27. The van der Waals surface area contributed by atoms with Gasteiger partial charge in [-0.05, 0) is 30.9 Å². The zero-order valence-electron chi connectivity index (χ0n) is 9.90. The van der Waals surface area contributed by atoms with Crippen molar-refractivity contribution >= 4 is 33.4 Å². The highest BCUT2D eigenvalue weighted by molar-refractivity contribution is 9.10. The van der Waals surface area contributed by atoms with Gasteiger partial charge in [0.15, 0.2) is 0 Å². The van der Waals surface area contributed by atoms with Gasteiger partial charge in [-0.15, -0.1) is 0 Å². The summed E-state index contributed by atoms with van der Waals surface area (Å²) < 4.78 is 0.969. The summed E-state index contributed by atoms with van der Waals surface area (Å²) in [7, 11) is 2.08. The van der Waals surface area contributed by atoms with Crippen LogP contribution in [0.4, 0.5) is 5.69 Å². The smallest absolute Gasteiger partial charge is 0.0772 e. The van der Waals surface area contributed by atoms with Crippen LogP contribution < -0.4 is 4.90 Å². The van der Waals surface area contributed by atoms with E-state index >= 15 is 0 Å². The molecular formula is C12H18BrNOS. The number of aliphatic hydroxyl groups excluding tert-OH is 1. The molecule has 90 valence electrons. The molecule has 0 heterocycles. The first-order chi connectivity index (χ1) is 7.56. The van der Waals surface area contributed by atoms with Crippen molar-refractivity contribution in [2.75, 3.05) is 30.5 Å². The number of aliphatic hydroxyl groups is 1. The fourth-order valence-corrected chi connectivity index (χ4v) is 2.60. The van der Waals surface area contributed by atoms with Gasteiger partial charge >= 0.3 is 0 Å². The minimum Gasteiger partial charge on any atom is -0.389 e. The van der Waals surface area contributed by atoms with E-state index < -0.39 is 6.10 Å². The maximum Gasteiger partial charge on any atom is 0.0772 e. The monoisotopic (exact) mass is 303 g/mol. The molecule has 1 atom stereocenters. The zero-order chi connectivity index (χ0) is 12.1. The van der Waals surface area contributed by atoms with Crippen LogP contribution in [0.1, 0.15) is 18.6 Å². The molecule has 0 spiro atoms. The second-order valence-electron chi connectivity index (χ2n) is 3.80. The molecule has 1 rings (SSSR count). The third-order valence-corrected chi connectivity index (χ3v) is 3.78. The Bertz CT molecular complexity index is 344. The van der Waals surface area contributed by atoms with Crippen LogP contribution in [-0.4, -0.2) is 30.7 Å². The summed E-state index contributed by atoms with van der Waals surface area (Å²) in [5.41, 5.74) is 2.10. The van der Waals surface area contributed by atoms with Crippen LogP contribution in [-0.2, 0) is 0 Å². The molecule has 0 fully saturated rings. The van der Waals surface area contributed by atoms with Crippen LogP contribution in [0.5, 0.6) is 0 Å². The predicted molar refractivity (Wildman–Crippen MR) is 76.4 cm³/mol. The maximum absolute atomic E-state index is 9.53. The van der Waals surface area contributed by atoms with Gasteiger partial charge in [-0.3, -0.25) is 0 Å². The summed E-state index contributed by atoms with van der Waals surface area (Å²) in [4.78, 5) is 2.22. The molecule has 2 nitrogen and oxygen atoms in total. The summed E-state index contributed by atoms with van der Waals surface area (Å²) >= 11 is 5.34. The Balaban J connectivity index is 2.80. The first-order valence-electron chi connectivity index (χ1n) is 5.24. The molecule has 1 aromatic rings. The number of anilines is 1. The number of thioether (sulfide) groups is 1. The van der Waals surface area contributed by atoms with Gasteiger partial charge in [0.05, 0.1) is 6.10 Å². The fraction of sp³-hybridized carbons (Fsp3) is 0.500. The molecule has 0 aliphatic rings. The Morgan fingerprint density at radius 1 is 1.50 bits per heavy atom. The third-order valence-electron chi connectivity index (χ3n) is 2.51. The van der Waals surface area contributed by atoms with Crippen molar-refractivity contribution in [1.29, 1.82) is 0 Å². The van der Waals surface area contributed by atoms with E-state index in [2.05, 4.69) is 40.2 Å². The lowest BCUT2D eigenvalue weighted by molar-refractivity contribution is 0.198. The van der Waals surface area contributed by atoms with Crippen molar-refractivity contribution in [2.45, 2.75) is 13.0 Å². The minimum absolute atomic E-state index is 0.431. The Morgan fingerprint density at radius 3 is 2.69 bits per heavy atom. The van der Waals surface area contributed by atoms with Crippen LogP contribution in [0.2, 0.25) is 0 Å². The van der Waals surface area contributed by atoms with Crippen molar-refractivity contribution in [3.63, 3.8) is 0 Å². The molecule has 0 aliphatic heterocycles. The normalized spacial score (nSPS) is 12.6. The quantitative estimate of drug-likeness (QED) is 0.903. The number of hydrogen-bond donors (Lipinski definition) is 1. The van der Waals surface area contributed by atoms with Crippen molar-refractivity contribution in [1.82, 2.24) is 0 Å². The summed E-state index contributed by atoms with van der Waals surface area (Å²) in [6.07, 6.45) is 1.68. The van der Waals surface area contributed by atoms with Crippen molar-refractivity contribution in [2.24, 2.45) is 0 Å². The second kappa shape index (κ2) is 6.52. The zero-order valence-corrected chi connectivity index (χ0v) is 12.3. The number of nitrogens with zero attached hydrogens (tertiary/aromatic N) is 1. The lowest BCUT2D eigenvalue weighted by Gasteiger charge is -2.20. The summed E-state index contributed by atoms with van der Waals surface area (Å²) in [6, 6.07) is 6.08. The van der Waals surface area contributed by atoms with Crippen LogP contribution >= 0.6 is 27.7 Å². The van der Waals surface area contributed by atoms with Gasteiger partial charge in [0, 0.05) is 29.5 Å². The first kappa shape index (κ1) is 13.9. The SMILES string of the molecule is CSCCN(C)c1ccc([C@H](C)O)c(Br)c1. The molecule has 1 N–H and O–H groups in total. The molecule has 0 amide bonds. The van der Waals surface area contributed by atoms with Gasteiger partial charge in [0.2, 0.25) is 0 Å². The molecule has 0 saturated carbocycles. The Labute approximate surface area is 110 Å². The highest BCUT2D eigenvalue weighted by atomic mass is 79.9. The van der Waals surface area contributed by atoms with Gasteiger partial charge in [0.25, 0.3) is 0 Å². The number of benzene rings is 1. The molecule has 0 radical (unpaired) electrons. The average molecular weight is 304 g/mol. The average Bonchev–Trinajstić information content (AvgIpc) is 2.25. The lowest BCUT2D eigenvalue weighted by Crippen LogP contribution is -2.20.